The van der Waals surface area contributed by atoms with Gasteiger partial charge in [-0.3, -0.25) is 0 Å². The average Bonchev–Trinajstić information content (AvgIpc) is 2.70. The highest BCUT2D eigenvalue weighted by atomic mass is 16.5. The second-order valence-corrected chi connectivity index (χ2v) is 3.35. The van der Waals surface area contributed by atoms with Gasteiger partial charge in [-0.2, -0.15) is 10.2 Å². The summed E-state index contributed by atoms with van der Waals surface area (Å²) < 4.78 is 5.31. The molecular formula is C7H13N3O. The Labute approximate surface area is 66.0 Å². The van der Waals surface area contributed by atoms with Gasteiger partial charge in [0, 0.05) is 19.0 Å². The molecule has 2 rings (SSSR count). The highest BCUT2D eigenvalue weighted by molar-refractivity contribution is 4.92. The lowest BCUT2D eigenvalue weighted by Crippen LogP contribution is -2.43. The molecule has 1 atom stereocenters. The monoisotopic (exact) mass is 155 g/mol. The van der Waals surface area contributed by atoms with E-state index >= 15 is 0 Å². The average molecular weight is 155 g/mol. The highest BCUT2D eigenvalue weighted by Crippen LogP contribution is 2.32. The minimum Gasteiger partial charge on any atom is -0.379 e. The Hall–Kier alpha value is -0.480. The Kier molecular flexibility index (Phi) is 1.65. The van der Waals surface area contributed by atoms with Crippen molar-refractivity contribution in [3.05, 3.63) is 0 Å². The quantitative estimate of drug-likeness (QED) is 0.632. The van der Waals surface area contributed by atoms with E-state index < -0.39 is 0 Å². The summed E-state index contributed by atoms with van der Waals surface area (Å²) in [5.74, 6) is 0. The zero-order chi connectivity index (χ0) is 7.73. The summed E-state index contributed by atoms with van der Waals surface area (Å²) in [5, 5.41) is 11.3. The van der Waals surface area contributed by atoms with Crippen LogP contribution in [0, 0.1) is 0 Å². The zero-order valence-electron chi connectivity index (χ0n) is 6.71. The van der Waals surface area contributed by atoms with E-state index in [1.54, 1.807) is 0 Å². The fourth-order valence-corrected chi connectivity index (χ4v) is 1.38. The largest absolute Gasteiger partial charge is 0.379 e. The first-order valence-corrected chi connectivity index (χ1v) is 4.04. The van der Waals surface area contributed by atoms with Gasteiger partial charge < -0.3 is 10.1 Å². The molecule has 0 aliphatic carbocycles. The lowest BCUT2D eigenvalue weighted by atomic mass is 10.1. The summed E-state index contributed by atoms with van der Waals surface area (Å²) in [6.45, 7) is 4.65. The summed E-state index contributed by atoms with van der Waals surface area (Å²) >= 11 is 0. The SMILES string of the molecule is CC1(CC2COCCN2)N=N1. The Bertz CT molecular complexity index is 169. The molecule has 0 amide bonds. The lowest BCUT2D eigenvalue weighted by Gasteiger charge is -2.24. The Morgan fingerprint density at radius 2 is 2.45 bits per heavy atom. The second-order valence-electron chi connectivity index (χ2n) is 3.35. The number of nitrogens with zero attached hydrogens (tertiary/aromatic N) is 2. The van der Waals surface area contributed by atoms with Crippen molar-refractivity contribution in [3.63, 3.8) is 0 Å². The fraction of sp³-hybridized carbons (Fsp3) is 1.00. The van der Waals surface area contributed by atoms with E-state index in [0.29, 0.717) is 6.04 Å². The lowest BCUT2D eigenvalue weighted by molar-refractivity contribution is 0.0708. The molecule has 1 fully saturated rings. The van der Waals surface area contributed by atoms with Gasteiger partial charge in [0.25, 0.3) is 0 Å². The predicted molar refractivity (Wildman–Crippen MR) is 40.5 cm³/mol. The Morgan fingerprint density at radius 3 is 3.00 bits per heavy atom. The summed E-state index contributed by atoms with van der Waals surface area (Å²) in [5.41, 5.74) is -0.0850. The first-order valence-electron chi connectivity index (χ1n) is 4.04. The number of hydrogen-bond acceptors (Lipinski definition) is 4. The summed E-state index contributed by atoms with van der Waals surface area (Å²) in [6, 6.07) is 0.448. The predicted octanol–water partition coefficient (Wildman–Crippen LogP) is 0.547. The molecule has 1 saturated heterocycles. The molecule has 0 aromatic carbocycles. The van der Waals surface area contributed by atoms with Crippen molar-refractivity contribution in [3.8, 4) is 0 Å². The van der Waals surface area contributed by atoms with Crippen molar-refractivity contribution in [2.75, 3.05) is 19.8 Å². The normalized spacial score (nSPS) is 33.7. The minimum atomic E-state index is -0.0850. The second kappa shape index (κ2) is 2.53. The summed E-state index contributed by atoms with van der Waals surface area (Å²) in [4.78, 5) is 0. The Morgan fingerprint density at radius 1 is 1.64 bits per heavy atom. The van der Waals surface area contributed by atoms with Crippen LogP contribution in [0.15, 0.2) is 10.2 Å². The molecule has 4 nitrogen and oxygen atoms in total. The Balaban J connectivity index is 1.76. The number of hydrogen-bond donors (Lipinski definition) is 1. The fourth-order valence-electron chi connectivity index (χ4n) is 1.38. The third kappa shape index (κ3) is 1.75. The van der Waals surface area contributed by atoms with Crippen molar-refractivity contribution >= 4 is 0 Å². The van der Waals surface area contributed by atoms with Crippen LogP contribution in [0.4, 0.5) is 0 Å². The summed E-state index contributed by atoms with van der Waals surface area (Å²) in [6.07, 6.45) is 0.979. The van der Waals surface area contributed by atoms with Crippen molar-refractivity contribution < 1.29 is 4.74 Å². The van der Waals surface area contributed by atoms with Crippen molar-refractivity contribution in [2.24, 2.45) is 10.2 Å². The van der Waals surface area contributed by atoms with E-state index in [9.17, 15) is 0 Å². The number of nitrogens with one attached hydrogen (secondary N) is 1. The van der Waals surface area contributed by atoms with Gasteiger partial charge in [-0.15, -0.1) is 0 Å². The van der Waals surface area contributed by atoms with Gasteiger partial charge in [0.1, 0.15) is 0 Å². The first kappa shape index (κ1) is 7.18. The van der Waals surface area contributed by atoms with Crippen LogP contribution in [-0.4, -0.2) is 31.5 Å². The van der Waals surface area contributed by atoms with E-state index in [1.807, 2.05) is 6.92 Å². The standard InChI is InChI=1S/C7H13N3O/c1-7(9-10-7)4-6-5-11-3-2-8-6/h6,8H,2-5H2,1H3. The minimum absolute atomic E-state index is 0.0850. The third-order valence-electron chi connectivity index (χ3n) is 2.07. The van der Waals surface area contributed by atoms with Gasteiger partial charge in [0.05, 0.1) is 13.2 Å². The van der Waals surface area contributed by atoms with E-state index in [-0.39, 0.29) is 5.66 Å². The van der Waals surface area contributed by atoms with Crippen LogP contribution in [0.1, 0.15) is 13.3 Å². The van der Waals surface area contributed by atoms with Crippen molar-refractivity contribution in [2.45, 2.75) is 25.0 Å². The van der Waals surface area contributed by atoms with Crippen molar-refractivity contribution in [1.29, 1.82) is 0 Å². The van der Waals surface area contributed by atoms with Crippen LogP contribution < -0.4 is 5.32 Å². The molecule has 0 aromatic heterocycles. The molecule has 62 valence electrons. The van der Waals surface area contributed by atoms with Gasteiger partial charge in [0.2, 0.25) is 0 Å². The van der Waals surface area contributed by atoms with Gasteiger partial charge in [-0.1, -0.05) is 0 Å². The zero-order valence-corrected chi connectivity index (χ0v) is 6.71. The molecule has 2 aliphatic rings. The molecular weight excluding hydrogens is 142 g/mol. The third-order valence-corrected chi connectivity index (χ3v) is 2.07. The molecule has 0 spiro atoms. The molecule has 1 N–H and O–H groups in total. The molecule has 0 saturated carbocycles. The van der Waals surface area contributed by atoms with E-state index in [2.05, 4.69) is 15.5 Å². The summed E-state index contributed by atoms with van der Waals surface area (Å²) in [7, 11) is 0. The molecule has 0 bridgehead atoms. The molecule has 2 aliphatic heterocycles. The van der Waals surface area contributed by atoms with Crippen molar-refractivity contribution in [1.82, 2.24) is 5.32 Å². The van der Waals surface area contributed by atoms with Crippen LogP contribution in [0.2, 0.25) is 0 Å². The molecule has 2 heterocycles. The van der Waals surface area contributed by atoms with E-state index in [0.717, 1.165) is 26.2 Å². The van der Waals surface area contributed by atoms with Gasteiger partial charge in [-0.25, -0.2) is 0 Å². The van der Waals surface area contributed by atoms with Gasteiger partial charge >= 0.3 is 0 Å². The highest BCUT2D eigenvalue weighted by Gasteiger charge is 2.36. The first-order chi connectivity index (χ1) is 5.29. The van der Waals surface area contributed by atoms with Crippen LogP contribution >= 0.6 is 0 Å². The maximum atomic E-state index is 5.31. The molecule has 0 radical (unpaired) electrons. The number of morpholine rings is 1. The van der Waals surface area contributed by atoms with Crippen LogP contribution in [0.25, 0.3) is 0 Å². The van der Waals surface area contributed by atoms with Gasteiger partial charge in [0.15, 0.2) is 5.66 Å². The maximum Gasteiger partial charge on any atom is 0.189 e. The van der Waals surface area contributed by atoms with E-state index in [4.69, 9.17) is 4.74 Å². The smallest absolute Gasteiger partial charge is 0.189 e. The number of ether oxygens (including phenoxy) is 1. The van der Waals surface area contributed by atoms with Crippen LogP contribution in [0.3, 0.4) is 0 Å². The topological polar surface area (TPSA) is 46.0 Å². The van der Waals surface area contributed by atoms with Crippen LogP contribution in [0.5, 0.6) is 0 Å². The molecule has 4 heteroatoms. The molecule has 11 heavy (non-hydrogen) atoms. The molecule has 1 unspecified atom stereocenters. The van der Waals surface area contributed by atoms with Crippen LogP contribution in [-0.2, 0) is 4.74 Å². The maximum absolute atomic E-state index is 5.31. The van der Waals surface area contributed by atoms with Gasteiger partial charge in [-0.05, 0) is 6.92 Å². The number of rotatable bonds is 2. The van der Waals surface area contributed by atoms with E-state index in [1.165, 1.54) is 0 Å². The molecule has 0 aromatic rings.